The maximum atomic E-state index is 9.37. The van der Waals surface area contributed by atoms with Gasteiger partial charge in [-0.25, -0.2) is 0 Å². The van der Waals surface area contributed by atoms with Crippen molar-refractivity contribution in [2.45, 2.75) is 13.3 Å². The molecule has 0 saturated heterocycles. The number of rotatable bonds is 1. The fourth-order valence-corrected chi connectivity index (χ4v) is 0. The van der Waals surface area contributed by atoms with Crippen LogP contribution in [0.25, 0.3) is 0 Å². The van der Waals surface area contributed by atoms with Crippen LogP contribution in [0.15, 0.2) is 0 Å². The minimum atomic E-state index is -0.745. The van der Waals surface area contributed by atoms with Crippen LogP contribution in [0.2, 0.25) is 0 Å². The summed E-state index contributed by atoms with van der Waals surface area (Å²) >= 11 is 0. The van der Waals surface area contributed by atoms with Gasteiger partial charge in [-0.1, -0.05) is 6.92 Å². The van der Waals surface area contributed by atoms with E-state index in [1.165, 1.54) is 0 Å². The molecule has 0 radical (unpaired) electrons. The first-order valence-corrected chi connectivity index (χ1v) is 2.30. The molecule has 0 fully saturated rings. The van der Waals surface area contributed by atoms with Crippen LogP contribution >= 0.6 is 0 Å². The first-order valence-electron chi connectivity index (χ1n) is 2.30. The third-order valence-electron chi connectivity index (χ3n) is 0.302. The molecule has 58 valence electrons. The van der Waals surface area contributed by atoms with Crippen molar-refractivity contribution < 1.29 is 14.6 Å². The predicted molar refractivity (Wildman–Crippen MR) is 40.8 cm³/mol. The van der Waals surface area contributed by atoms with Gasteiger partial charge in [-0.2, -0.15) is 0 Å². The third kappa shape index (κ3) is 61.9. The Kier molecular flexibility index (Phi) is 28.3. The van der Waals surface area contributed by atoms with Crippen LogP contribution in [0, 0.1) is 0 Å². The zero-order valence-electron chi connectivity index (χ0n) is 6.18. The normalized spacial score (nSPS) is 6.11. The average Bonchev–Trinajstić information content (AvgIpc) is 1.69. The van der Waals surface area contributed by atoms with E-state index in [-0.39, 0.29) is 32.6 Å². The van der Waals surface area contributed by atoms with Crippen molar-refractivity contribution in [3.05, 3.63) is 0 Å². The molecule has 1 N–H and O–H groups in total. The van der Waals surface area contributed by atoms with Gasteiger partial charge in [-0.15, -0.1) is 0 Å². The Labute approximate surface area is 74.5 Å². The first kappa shape index (κ1) is 16.1. The number of ether oxygens (including phenoxy) is 1. The van der Waals surface area contributed by atoms with Gasteiger partial charge >= 0.3 is 32.2 Å². The molecule has 3 nitrogen and oxygen atoms in total. The second-order valence-electron chi connectivity index (χ2n) is 1.16. The topological polar surface area (TPSA) is 46.5 Å². The van der Waals surface area contributed by atoms with Gasteiger partial charge in [0.1, 0.15) is 0 Å². The molecule has 4 heteroatoms. The number of carbonyl (C=O) groups is 1. The molecular formula is C5H15BiO3. The Morgan fingerprint density at radius 1 is 1.56 bits per heavy atom. The zero-order chi connectivity index (χ0) is 6.99. The van der Waals surface area contributed by atoms with Crippen molar-refractivity contribution in [3.8, 4) is 0 Å². The molecular weight excluding hydrogens is 317 g/mol. The molecule has 0 aromatic rings. The van der Waals surface area contributed by atoms with Crippen LogP contribution in [0.5, 0.6) is 0 Å². The van der Waals surface area contributed by atoms with E-state index in [4.69, 9.17) is 5.11 Å². The Bertz CT molecular complexity index is 56.2. The van der Waals surface area contributed by atoms with E-state index in [0.717, 1.165) is 0 Å². The molecule has 0 spiro atoms. The molecule has 9 heavy (non-hydrogen) atoms. The van der Waals surface area contributed by atoms with Crippen LogP contribution in [0.3, 0.4) is 0 Å². The Balaban J connectivity index is -0.0000000800. The van der Waals surface area contributed by atoms with Crippen LogP contribution in [0.4, 0.5) is 0 Å². The van der Waals surface area contributed by atoms with E-state index >= 15 is 0 Å². The van der Waals surface area contributed by atoms with Crippen LogP contribution in [0.1, 0.15) is 13.3 Å². The van der Waals surface area contributed by atoms with Gasteiger partial charge in [0.25, 0.3) is 0 Å². The summed E-state index contributed by atoms with van der Waals surface area (Å²) in [7, 11) is 3.25. The van der Waals surface area contributed by atoms with Crippen LogP contribution in [-0.2, 0) is 9.53 Å². The van der Waals surface area contributed by atoms with Gasteiger partial charge in [0.2, 0.25) is 0 Å². The van der Waals surface area contributed by atoms with Crippen molar-refractivity contribution >= 4 is 32.2 Å². The molecule has 0 heterocycles. The summed E-state index contributed by atoms with van der Waals surface area (Å²) in [6.45, 7) is 1.60. The van der Waals surface area contributed by atoms with Crippen LogP contribution in [-0.4, -0.2) is 51.5 Å². The fourth-order valence-electron chi connectivity index (χ4n) is 0. The molecule has 0 amide bonds. The summed E-state index contributed by atoms with van der Waals surface area (Å²) in [6, 6.07) is 0. The van der Waals surface area contributed by atoms with E-state index in [1.54, 1.807) is 21.1 Å². The van der Waals surface area contributed by atoms with Crippen molar-refractivity contribution in [1.82, 2.24) is 0 Å². The molecule has 0 aliphatic carbocycles. The van der Waals surface area contributed by atoms with E-state index in [1.807, 2.05) is 0 Å². The summed E-state index contributed by atoms with van der Waals surface area (Å²) in [4.78, 5) is 9.37. The number of carboxylic acid groups (broad SMARTS) is 1. The molecule has 0 aliphatic rings. The van der Waals surface area contributed by atoms with Crippen LogP contribution < -0.4 is 0 Å². The minimum absolute atomic E-state index is 0. The Hall–Kier alpha value is 0.313. The van der Waals surface area contributed by atoms with Crippen molar-refractivity contribution in [3.63, 3.8) is 0 Å². The van der Waals surface area contributed by atoms with E-state index in [0.29, 0.717) is 0 Å². The number of hydrogen-bond donors (Lipinski definition) is 1. The van der Waals surface area contributed by atoms with Gasteiger partial charge in [0, 0.05) is 20.6 Å². The number of methoxy groups -OCH3 is 1. The summed E-state index contributed by atoms with van der Waals surface area (Å²) in [5.74, 6) is -0.745. The number of carboxylic acids is 1. The van der Waals surface area contributed by atoms with E-state index in [9.17, 15) is 4.79 Å². The summed E-state index contributed by atoms with van der Waals surface area (Å²) in [5.41, 5.74) is 0. The molecule has 0 aromatic carbocycles. The molecule has 0 bridgehead atoms. The summed E-state index contributed by atoms with van der Waals surface area (Å²) in [6.07, 6.45) is 0.222. The molecule has 0 atom stereocenters. The SMILES string of the molecule is CCC(=O)O.COC.[BiH3]. The Morgan fingerprint density at radius 3 is 1.67 bits per heavy atom. The number of hydrogen-bond acceptors (Lipinski definition) is 2. The summed E-state index contributed by atoms with van der Waals surface area (Å²) in [5, 5.41) is 7.72. The standard InChI is InChI=1S/C3H6O2.C2H6O.Bi.3H/c1-2-3(4)5;1-3-2;;;;/h2H2,1H3,(H,4,5);1-2H3;;;;. The fraction of sp³-hybridized carbons (Fsp3) is 0.800. The second-order valence-corrected chi connectivity index (χ2v) is 1.16. The monoisotopic (exact) mass is 332 g/mol. The average molecular weight is 332 g/mol. The van der Waals surface area contributed by atoms with Gasteiger partial charge in [-0.05, 0) is 0 Å². The van der Waals surface area contributed by atoms with Gasteiger partial charge < -0.3 is 9.84 Å². The van der Waals surface area contributed by atoms with E-state index in [2.05, 4.69) is 4.74 Å². The van der Waals surface area contributed by atoms with Gasteiger partial charge in [0.05, 0.1) is 0 Å². The molecule has 0 aromatic heterocycles. The van der Waals surface area contributed by atoms with Crippen molar-refractivity contribution in [2.24, 2.45) is 0 Å². The quantitative estimate of drug-likeness (QED) is 0.663. The second kappa shape index (κ2) is 15.7. The molecule has 0 rings (SSSR count). The molecule has 0 aliphatic heterocycles. The van der Waals surface area contributed by atoms with E-state index < -0.39 is 5.97 Å². The molecule has 0 unspecified atom stereocenters. The third-order valence-corrected chi connectivity index (χ3v) is 0.302. The Morgan fingerprint density at radius 2 is 1.67 bits per heavy atom. The van der Waals surface area contributed by atoms with Crippen molar-refractivity contribution in [2.75, 3.05) is 14.2 Å². The zero-order valence-corrected chi connectivity index (χ0v) is 11.7. The summed E-state index contributed by atoms with van der Waals surface area (Å²) < 4.78 is 4.25. The van der Waals surface area contributed by atoms with Gasteiger partial charge in [-0.3, -0.25) is 4.79 Å². The number of aliphatic carboxylic acids is 1. The van der Waals surface area contributed by atoms with Crippen molar-refractivity contribution in [1.29, 1.82) is 0 Å². The van der Waals surface area contributed by atoms with Gasteiger partial charge in [0.15, 0.2) is 0 Å². The maximum absolute atomic E-state index is 9.37. The first-order chi connectivity index (χ1) is 3.68. The predicted octanol–water partition coefficient (Wildman–Crippen LogP) is -0.440. The molecule has 0 saturated carbocycles.